The van der Waals surface area contributed by atoms with Gasteiger partial charge in [-0.3, -0.25) is 4.79 Å². The highest BCUT2D eigenvalue weighted by Crippen LogP contribution is 1.98. The zero-order chi connectivity index (χ0) is 7.56. The van der Waals surface area contributed by atoms with Crippen molar-refractivity contribution in [3.8, 4) is 0 Å². The molecule has 0 unspecified atom stereocenters. The summed E-state index contributed by atoms with van der Waals surface area (Å²) >= 11 is 0. The van der Waals surface area contributed by atoms with Crippen LogP contribution in [0.15, 0.2) is 24.2 Å². The molecular weight excluding hydrogens is 119 g/mol. The van der Waals surface area contributed by atoms with Crippen molar-refractivity contribution >= 4 is 6.29 Å². The van der Waals surface area contributed by atoms with Crippen LogP contribution >= 0.6 is 0 Å². The standard InChI is InChI=1S/C7H5FO/c8-7-3-1-6(5-9)2-4-7/h1-5H/i1D. The molecule has 0 amide bonds. The first-order chi connectivity index (χ1) is 4.74. The zero-order valence-electron chi connectivity index (χ0n) is 5.60. The average molecular weight is 125 g/mol. The second kappa shape index (κ2) is 2.40. The van der Waals surface area contributed by atoms with Crippen molar-refractivity contribution < 1.29 is 10.6 Å². The molecule has 0 bridgehead atoms. The fraction of sp³-hybridized carbons (Fsp3) is 0. The first-order valence-electron chi connectivity index (χ1n) is 2.95. The van der Waals surface area contributed by atoms with Crippen LogP contribution < -0.4 is 0 Å². The van der Waals surface area contributed by atoms with E-state index in [1.54, 1.807) is 0 Å². The summed E-state index contributed by atoms with van der Waals surface area (Å²) in [4.78, 5) is 10.1. The Bertz CT molecular complexity index is 260. The minimum atomic E-state index is -0.490. The SMILES string of the molecule is [2H]c1cc(F)ccc1C=O. The Morgan fingerprint density at radius 3 is 2.89 bits per heavy atom. The van der Waals surface area contributed by atoms with Crippen LogP contribution in [0.4, 0.5) is 4.39 Å². The van der Waals surface area contributed by atoms with Crippen molar-refractivity contribution in [1.82, 2.24) is 0 Å². The van der Waals surface area contributed by atoms with Gasteiger partial charge in [0.2, 0.25) is 0 Å². The molecule has 0 spiro atoms. The van der Waals surface area contributed by atoms with E-state index in [0.29, 0.717) is 6.29 Å². The van der Waals surface area contributed by atoms with Gasteiger partial charge in [-0.1, -0.05) is 0 Å². The second-order valence-corrected chi connectivity index (χ2v) is 1.58. The van der Waals surface area contributed by atoms with Crippen LogP contribution in [0.25, 0.3) is 0 Å². The van der Waals surface area contributed by atoms with Gasteiger partial charge >= 0.3 is 0 Å². The Balaban J connectivity index is 3.19. The number of aldehydes is 1. The van der Waals surface area contributed by atoms with E-state index in [1.165, 1.54) is 6.07 Å². The summed E-state index contributed by atoms with van der Waals surface area (Å²) in [6.45, 7) is 0. The van der Waals surface area contributed by atoms with E-state index in [9.17, 15) is 9.18 Å². The lowest BCUT2D eigenvalue weighted by Crippen LogP contribution is -1.77. The summed E-state index contributed by atoms with van der Waals surface area (Å²) in [6.07, 6.45) is 0.530. The fourth-order valence-electron chi connectivity index (χ4n) is 0.491. The van der Waals surface area contributed by atoms with E-state index in [1.807, 2.05) is 0 Å². The van der Waals surface area contributed by atoms with Crippen molar-refractivity contribution in [2.75, 3.05) is 0 Å². The van der Waals surface area contributed by atoms with Crippen LogP contribution in [0.2, 0.25) is 0 Å². The molecule has 0 heterocycles. The van der Waals surface area contributed by atoms with E-state index in [2.05, 4.69) is 0 Å². The lowest BCUT2D eigenvalue weighted by molar-refractivity contribution is 0.112. The molecule has 1 rings (SSSR count). The third-order valence-corrected chi connectivity index (χ3v) is 0.926. The van der Waals surface area contributed by atoms with Gasteiger partial charge in [0.05, 0.1) is 1.37 Å². The summed E-state index contributed by atoms with van der Waals surface area (Å²) in [5.74, 6) is -0.490. The number of halogens is 1. The van der Waals surface area contributed by atoms with Gasteiger partial charge in [0.15, 0.2) is 0 Å². The van der Waals surface area contributed by atoms with Crippen LogP contribution in [0.3, 0.4) is 0 Å². The van der Waals surface area contributed by atoms with E-state index in [0.717, 1.165) is 12.1 Å². The van der Waals surface area contributed by atoms with Crippen molar-refractivity contribution in [2.45, 2.75) is 0 Å². The topological polar surface area (TPSA) is 17.1 Å². The van der Waals surface area contributed by atoms with E-state index < -0.39 is 5.82 Å². The van der Waals surface area contributed by atoms with Crippen LogP contribution in [0.5, 0.6) is 0 Å². The predicted octanol–water partition coefficient (Wildman–Crippen LogP) is 1.64. The van der Waals surface area contributed by atoms with Gasteiger partial charge in [-0.15, -0.1) is 0 Å². The molecule has 2 heteroatoms. The van der Waals surface area contributed by atoms with Crippen molar-refractivity contribution in [1.29, 1.82) is 0 Å². The van der Waals surface area contributed by atoms with Crippen molar-refractivity contribution in [3.05, 3.63) is 35.6 Å². The van der Waals surface area contributed by atoms with Crippen molar-refractivity contribution in [3.63, 3.8) is 0 Å². The lowest BCUT2D eigenvalue weighted by Gasteiger charge is -1.86. The molecule has 0 saturated heterocycles. The molecular formula is C7H5FO. The summed E-state index contributed by atoms with van der Waals surface area (Å²) in [5.41, 5.74) is 0.210. The monoisotopic (exact) mass is 125 g/mol. The van der Waals surface area contributed by atoms with Gasteiger partial charge in [-0.25, -0.2) is 4.39 Å². The number of carbonyl (C=O) groups excluding carboxylic acids is 1. The van der Waals surface area contributed by atoms with Gasteiger partial charge < -0.3 is 0 Å². The number of rotatable bonds is 1. The van der Waals surface area contributed by atoms with E-state index in [4.69, 9.17) is 1.37 Å². The molecule has 46 valence electrons. The Kier molecular flexibility index (Phi) is 1.24. The second-order valence-electron chi connectivity index (χ2n) is 1.58. The summed E-state index contributed by atoms with van der Waals surface area (Å²) in [5, 5.41) is 0. The molecule has 0 aliphatic carbocycles. The molecule has 0 radical (unpaired) electrons. The van der Waals surface area contributed by atoms with E-state index >= 15 is 0 Å². The number of carbonyl (C=O) groups is 1. The Morgan fingerprint density at radius 1 is 1.56 bits per heavy atom. The third-order valence-electron chi connectivity index (χ3n) is 0.926. The van der Waals surface area contributed by atoms with Gasteiger partial charge in [0.1, 0.15) is 12.1 Å². The maximum absolute atomic E-state index is 12.2. The number of hydrogen-bond acceptors (Lipinski definition) is 1. The highest BCUT2D eigenvalue weighted by molar-refractivity contribution is 5.74. The zero-order valence-corrected chi connectivity index (χ0v) is 4.60. The highest BCUT2D eigenvalue weighted by Gasteiger charge is 1.87. The number of hydrogen-bond donors (Lipinski definition) is 0. The van der Waals surface area contributed by atoms with Gasteiger partial charge in [-0.2, -0.15) is 0 Å². The molecule has 0 aliphatic rings. The number of benzene rings is 1. The summed E-state index contributed by atoms with van der Waals surface area (Å²) in [7, 11) is 0. The summed E-state index contributed by atoms with van der Waals surface area (Å²) in [6, 6.07) is 3.37. The predicted molar refractivity (Wildman–Crippen MR) is 31.8 cm³/mol. The highest BCUT2D eigenvalue weighted by atomic mass is 19.1. The van der Waals surface area contributed by atoms with Gasteiger partial charge in [-0.05, 0) is 24.2 Å². The van der Waals surface area contributed by atoms with Crippen LogP contribution in [-0.4, -0.2) is 6.29 Å². The lowest BCUT2D eigenvalue weighted by atomic mass is 10.2. The molecule has 0 saturated carbocycles. The van der Waals surface area contributed by atoms with Crippen LogP contribution in [0.1, 0.15) is 11.7 Å². The minimum Gasteiger partial charge on any atom is -0.298 e. The van der Waals surface area contributed by atoms with Crippen LogP contribution in [0, 0.1) is 5.82 Å². The minimum absolute atomic E-state index is 0.0741. The Morgan fingerprint density at radius 2 is 2.33 bits per heavy atom. The van der Waals surface area contributed by atoms with Gasteiger partial charge in [0, 0.05) is 5.56 Å². The molecule has 0 aliphatic heterocycles. The Labute approximate surface area is 53.5 Å². The van der Waals surface area contributed by atoms with Gasteiger partial charge in [0.25, 0.3) is 0 Å². The molecule has 1 nitrogen and oxygen atoms in total. The smallest absolute Gasteiger partial charge is 0.150 e. The normalized spacial score (nSPS) is 10.6. The van der Waals surface area contributed by atoms with Crippen LogP contribution in [-0.2, 0) is 0 Å². The van der Waals surface area contributed by atoms with E-state index in [-0.39, 0.29) is 11.6 Å². The molecule has 0 fully saturated rings. The first kappa shape index (κ1) is 4.68. The molecule has 1 aromatic carbocycles. The molecule has 1 aromatic rings. The largest absolute Gasteiger partial charge is 0.298 e. The molecule has 0 atom stereocenters. The van der Waals surface area contributed by atoms with Crippen molar-refractivity contribution in [2.24, 2.45) is 0 Å². The Hall–Kier alpha value is -1.18. The quantitative estimate of drug-likeness (QED) is 0.521. The maximum Gasteiger partial charge on any atom is 0.150 e. The average Bonchev–Trinajstić information content (AvgIpc) is 1.88. The molecule has 0 aromatic heterocycles. The third kappa shape index (κ3) is 1.35. The fourth-order valence-corrected chi connectivity index (χ4v) is 0.491. The maximum atomic E-state index is 12.2. The molecule has 0 N–H and O–H groups in total. The molecule has 9 heavy (non-hydrogen) atoms. The summed E-state index contributed by atoms with van der Waals surface area (Å²) < 4.78 is 19.3. The first-order valence-corrected chi connectivity index (χ1v) is 2.45.